The van der Waals surface area contributed by atoms with Crippen LogP contribution in [0.5, 0.6) is 0 Å². The SMILES string of the molecule is NC(=Nc1onc(CCc2ccc(-c3ccccc3)c(F)c2)c1CO)N1CCCCC1. The minimum Gasteiger partial charge on any atom is -0.391 e. The minimum atomic E-state index is -0.258. The normalized spacial score (nSPS) is 14.8. The van der Waals surface area contributed by atoms with Gasteiger partial charge in [-0.1, -0.05) is 47.6 Å². The fraction of sp³-hybridized carbons (Fsp3) is 0.333. The lowest BCUT2D eigenvalue weighted by Gasteiger charge is -2.27. The first-order chi connectivity index (χ1) is 15.2. The average Bonchev–Trinajstić information content (AvgIpc) is 3.20. The van der Waals surface area contributed by atoms with Crippen LogP contribution in [0.25, 0.3) is 11.1 Å². The lowest BCUT2D eigenvalue weighted by atomic mass is 10.0. The number of aliphatic hydroxyl groups is 1. The highest BCUT2D eigenvalue weighted by Gasteiger charge is 2.18. The first-order valence-corrected chi connectivity index (χ1v) is 10.7. The lowest BCUT2D eigenvalue weighted by Crippen LogP contribution is -2.40. The zero-order valence-corrected chi connectivity index (χ0v) is 17.4. The maximum Gasteiger partial charge on any atom is 0.259 e. The van der Waals surface area contributed by atoms with E-state index in [2.05, 4.69) is 10.1 Å². The second-order valence-electron chi connectivity index (χ2n) is 7.77. The molecule has 0 atom stereocenters. The lowest BCUT2D eigenvalue weighted by molar-refractivity contribution is 0.280. The molecule has 2 heterocycles. The molecule has 31 heavy (non-hydrogen) atoms. The van der Waals surface area contributed by atoms with Gasteiger partial charge in [0.25, 0.3) is 5.88 Å². The largest absolute Gasteiger partial charge is 0.391 e. The highest BCUT2D eigenvalue weighted by Crippen LogP contribution is 2.26. The van der Waals surface area contributed by atoms with Crippen LogP contribution < -0.4 is 5.73 Å². The Morgan fingerprint density at radius 1 is 1.10 bits per heavy atom. The Morgan fingerprint density at radius 3 is 2.58 bits per heavy atom. The summed E-state index contributed by atoms with van der Waals surface area (Å²) in [6.07, 6.45) is 4.44. The maximum atomic E-state index is 14.6. The van der Waals surface area contributed by atoms with Gasteiger partial charge in [-0.25, -0.2) is 4.39 Å². The summed E-state index contributed by atoms with van der Waals surface area (Å²) >= 11 is 0. The van der Waals surface area contributed by atoms with Gasteiger partial charge < -0.3 is 20.3 Å². The van der Waals surface area contributed by atoms with Gasteiger partial charge in [0.2, 0.25) is 0 Å². The van der Waals surface area contributed by atoms with Gasteiger partial charge in [-0.3, -0.25) is 0 Å². The van der Waals surface area contributed by atoms with Gasteiger partial charge in [0.15, 0.2) is 5.96 Å². The van der Waals surface area contributed by atoms with E-state index in [1.807, 2.05) is 41.3 Å². The molecule has 0 radical (unpaired) electrons. The number of hydrogen-bond donors (Lipinski definition) is 2. The van der Waals surface area contributed by atoms with Crippen molar-refractivity contribution in [1.29, 1.82) is 0 Å². The summed E-state index contributed by atoms with van der Waals surface area (Å²) in [7, 11) is 0. The van der Waals surface area contributed by atoms with E-state index >= 15 is 0 Å². The van der Waals surface area contributed by atoms with E-state index in [0.29, 0.717) is 35.6 Å². The Bertz CT molecular complexity index is 1040. The van der Waals surface area contributed by atoms with E-state index in [9.17, 15) is 9.50 Å². The van der Waals surface area contributed by atoms with Crippen LogP contribution in [0.3, 0.4) is 0 Å². The third-order valence-electron chi connectivity index (χ3n) is 5.67. The molecule has 0 bridgehead atoms. The molecular weight excluding hydrogens is 395 g/mol. The van der Waals surface area contributed by atoms with E-state index in [1.54, 1.807) is 12.1 Å². The van der Waals surface area contributed by atoms with E-state index in [1.165, 1.54) is 6.42 Å². The van der Waals surface area contributed by atoms with Crippen LogP contribution in [0, 0.1) is 5.82 Å². The number of guanidine groups is 1. The molecule has 1 aliphatic heterocycles. The zero-order valence-electron chi connectivity index (χ0n) is 17.4. The van der Waals surface area contributed by atoms with Crippen molar-refractivity contribution in [1.82, 2.24) is 10.1 Å². The van der Waals surface area contributed by atoms with Crippen molar-refractivity contribution >= 4 is 11.8 Å². The molecule has 0 spiro atoms. The van der Waals surface area contributed by atoms with Gasteiger partial charge in [0.1, 0.15) is 5.82 Å². The van der Waals surface area contributed by atoms with E-state index < -0.39 is 0 Å². The number of aromatic nitrogens is 1. The van der Waals surface area contributed by atoms with E-state index in [-0.39, 0.29) is 18.3 Å². The van der Waals surface area contributed by atoms with Gasteiger partial charge >= 0.3 is 0 Å². The molecule has 3 aromatic rings. The molecule has 0 unspecified atom stereocenters. The highest BCUT2D eigenvalue weighted by molar-refractivity contribution is 5.80. The molecule has 4 rings (SSSR count). The second-order valence-corrected chi connectivity index (χ2v) is 7.77. The Kier molecular flexibility index (Phi) is 6.62. The van der Waals surface area contributed by atoms with Crippen LogP contribution >= 0.6 is 0 Å². The Labute approximate surface area is 181 Å². The van der Waals surface area contributed by atoms with E-state index in [4.69, 9.17) is 10.3 Å². The summed E-state index contributed by atoms with van der Waals surface area (Å²) < 4.78 is 20.0. The summed E-state index contributed by atoms with van der Waals surface area (Å²) in [6.45, 7) is 1.50. The van der Waals surface area contributed by atoms with Gasteiger partial charge in [0, 0.05) is 18.7 Å². The quantitative estimate of drug-likeness (QED) is 0.459. The summed E-state index contributed by atoms with van der Waals surface area (Å²) in [5.74, 6) is 0.368. The molecule has 2 aromatic carbocycles. The number of aliphatic hydroxyl groups excluding tert-OH is 1. The number of aryl methyl sites for hydroxylation is 2. The number of piperidine rings is 1. The number of nitrogens with two attached hydrogens (primary N) is 1. The number of benzene rings is 2. The number of hydrogen-bond acceptors (Lipinski definition) is 4. The minimum absolute atomic E-state index is 0.242. The number of halogens is 1. The van der Waals surface area contributed by atoms with Gasteiger partial charge in [0.05, 0.1) is 17.9 Å². The van der Waals surface area contributed by atoms with Crippen LogP contribution in [-0.4, -0.2) is 34.2 Å². The van der Waals surface area contributed by atoms with Crippen LogP contribution in [0.4, 0.5) is 10.3 Å². The Hall–Kier alpha value is -3.19. The van der Waals surface area contributed by atoms with Crippen LogP contribution in [-0.2, 0) is 19.4 Å². The van der Waals surface area contributed by atoms with Crippen molar-refractivity contribution in [3.63, 3.8) is 0 Å². The van der Waals surface area contributed by atoms with Crippen molar-refractivity contribution in [2.45, 2.75) is 38.7 Å². The first kappa shape index (κ1) is 21.1. The monoisotopic (exact) mass is 422 g/mol. The molecule has 0 amide bonds. The predicted octanol–water partition coefficient (Wildman–Crippen LogP) is 4.19. The smallest absolute Gasteiger partial charge is 0.259 e. The van der Waals surface area contributed by atoms with Crippen molar-refractivity contribution in [3.8, 4) is 11.1 Å². The standard InChI is InChI=1S/C24H27FN4O2/c25-21-15-17(9-11-19(21)18-7-3-1-4-8-18)10-12-22-20(16-30)23(31-28-22)27-24(26)29-13-5-2-6-14-29/h1,3-4,7-9,11,15,30H,2,5-6,10,12-14,16H2,(H2,26,27). The van der Waals surface area contributed by atoms with Crippen LogP contribution in [0.1, 0.15) is 36.1 Å². The molecule has 1 aromatic heterocycles. The molecule has 7 heteroatoms. The van der Waals surface area contributed by atoms with Crippen molar-refractivity contribution in [2.24, 2.45) is 10.7 Å². The van der Waals surface area contributed by atoms with Crippen LogP contribution in [0.15, 0.2) is 58.0 Å². The molecule has 1 saturated heterocycles. The molecule has 1 fully saturated rings. The second kappa shape index (κ2) is 9.75. The molecule has 0 aliphatic carbocycles. The topological polar surface area (TPSA) is 87.9 Å². The number of rotatable bonds is 6. The number of likely N-dealkylation sites (tertiary alicyclic amines) is 1. The molecule has 0 saturated carbocycles. The molecule has 162 valence electrons. The van der Waals surface area contributed by atoms with Crippen LogP contribution in [0.2, 0.25) is 0 Å². The maximum absolute atomic E-state index is 14.6. The zero-order chi connectivity index (χ0) is 21.6. The summed E-state index contributed by atoms with van der Waals surface area (Å²) in [5, 5.41) is 13.9. The fourth-order valence-electron chi connectivity index (χ4n) is 3.90. The summed E-state index contributed by atoms with van der Waals surface area (Å²) in [4.78, 5) is 6.38. The van der Waals surface area contributed by atoms with Gasteiger partial charge in [-0.2, -0.15) is 4.99 Å². The van der Waals surface area contributed by atoms with Gasteiger partial charge in [-0.05, 0) is 49.3 Å². The Balaban J connectivity index is 1.46. The van der Waals surface area contributed by atoms with Crippen molar-refractivity contribution in [3.05, 3.63) is 71.2 Å². The van der Waals surface area contributed by atoms with E-state index in [0.717, 1.165) is 37.1 Å². The third-order valence-corrected chi connectivity index (χ3v) is 5.67. The Morgan fingerprint density at radius 2 is 1.87 bits per heavy atom. The van der Waals surface area contributed by atoms with Crippen molar-refractivity contribution < 1.29 is 14.0 Å². The molecule has 3 N–H and O–H groups in total. The summed E-state index contributed by atoms with van der Waals surface area (Å²) in [6, 6.07) is 14.7. The molecule has 1 aliphatic rings. The first-order valence-electron chi connectivity index (χ1n) is 10.7. The fourth-order valence-corrected chi connectivity index (χ4v) is 3.90. The average molecular weight is 423 g/mol. The third kappa shape index (κ3) is 4.94. The van der Waals surface area contributed by atoms with Gasteiger partial charge in [-0.15, -0.1) is 0 Å². The van der Waals surface area contributed by atoms with Crippen molar-refractivity contribution in [2.75, 3.05) is 13.1 Å². The predicted molar refractivity (Wildman–Crippen MR) is 118 cm³/mol. The molecular formula is C24H27FN4O2. The summed E-state index contributed by atoms with van der Waals surface area (Å²) in [5.41, 5.74) is 9.53. The molecule has 6 nitrogen and oxygen atoms in total. The number of nitrogens with zero attached hydrogens (tertiary/aromatic N) is 3. The number of aliphatic imine (C=N–C) groups is 1. The highest BCUT2D eigenvalue weighted by atomic mass is 19.1.